The number of carbonyl (C=O) groups excluding carboxylic acids is 2. The van der Waals surface area contributed by atoms with E-state index < -0.39 is 41.8 Å². The highest BCUT2D eigenvalue weighted by molar-refractivity contribution is 7.86. The quantitative estimate of drug-likeness (QED) is 0.409. The molecule has 2 N–H and O–H groups in total. The van der Waals surface area contributed by atoms with Crippen LogP contribution in [0.1, 0.15) is 11.1 Å². The molecule has 2 aromatic carbocycles. The molecule has 0 saturated carbocycles. The average molecular weight is 435 g/mol. The van der Waals surface area contributed by atoms with Gasteiger partial charge in [-0.15, -0.1) is 0 Å². The summed E-state index contributed by atoms with van der Waals surface area (Å²) in [6.45, 7) is 0. The molecule has 0 aromatic heterocycles. The Balaban J connectivity index is 2.36. The van der Waals surface area contributed by atoms with Crippen molar-refractivity contribution < 1.29 is 35.5 Å². The van der Waals surface area contributed by atoms with Crippen molar-refractivity contribution in [1.82, 2.24) is 4.90 Å². The molecule has 2 amide bonds. The zero-order chi connectivity index (χ0) is 21.4. The first-order chi connectivity index (χ1) is 13.5. The summed E-state index contributed by atoms with van der Waals surface area (Å²) >= 11 is 0. The maximum absolute atomic E-state index is 12.2. The standard InChI is InChI=1S/C18H13NO8S2/c20-17-9-10-18(21)19(17)14(13-6-2-4-8-16(13)29(25,26)27)11-12-5-1-3-7-15(12)28(22,23)24/h1-11H,(H,22,23,24)(H,25,26,27). The molecule has 0 bridgehead atoms. The molecule has 29 heavy (non-hydrogen) atoms. The van der Waals surface area contributed by atoms with E-state index in [4.69, 9.17) is 0 Å². The third kappa shape index (κ3) is 4.17. The molecule has 3 rings (SSSR count). The molecule has 11 heteroatoms. The summed E-state index contributed by atoms with van der Waals surface area (Å²) < 4.78 is 66.0. The number of imide groups is 1. The van der Waals surface area contributed by atoms with Crippen LogP contribution in [0.3, 0.4) is 0 Å². The minimum absolute atomic E-state index is 0.109. The number of hydrogen-bond donors (Lipinski definition) is 2. The summed E-state index contributed by atoms with van der Waals surface area (Å²) in [7, 11) is -9.42. The lowest BCUT2D eigenvalue weighted by molar-refractivity contribution is -0.132. The predicted octanol–water partition coefficient (Wildman–Crippen LogP) is 1.60. The average Bonchev–Trinajstić information content (AvgIpc) is 2.97. The summed E-state index contributed by atoms with van der Waals surface area (Å²) in [5, 5.41) is 0. The monoisotopic (exact) mass is 435 g/mol. The first-order valence-corrected chi connectivity index (χ1v) is 10.8. The topological polar surface area (TPSA) is 146 Å². The lowest BCUT2D eigenvalue weighted by Crippen LogP contribution is -2.29. The van der Waals surface area contributed by atoms with E-state index in [-0.39, 0.29) is 16.8 Å². The zero-order valence-corrected chi connectivity index (χ0v) is 16.1. The molecule has 150 valence electrons. The van der Waals surface area contributed by atoms with E-state index in [1.807, 2.05) is 0 Å². The maximum Gasteiger partial charge on any atom is 0.295 e. The molecule has 0 aliphatic carbocycles. The van der Waals surface area contributed by atoms with E-state index in [1.165, 1.54) is 36.4 Å². The Morgan fingerprint density at radius 2 is 1.24 bits per heavy atom. The van der Waals surface area contributed by atoms with Gasteiger partial charge < -0.3 is 0 Å². The molecule has 0 fully saturated rings. The normalized spacial score (nSPS) is 15.2. The highest BCUT2D eigenvalue weighted by atomic mass is 32.2. The van der Waals surface area contributed by atoms with Crippen molar-refractivity contribution in [3.05, 3.63) is 71.8 Å². The van der Waals surface area contributed by atoms with E-state index in [0.717, 1.165) is 30.4 Å². The molecular weight excluding hydrogens is 422 g/mol. The van der Waals surface area contributed by atoms with Gasteiger partial charge in [-0.2, -0.15) is 16.8 Å². The molecule has 1 heterocycles. The lowest BCUT2D eigenvalue weighted by atomic mass is 10.1. The van der Waals surface area contributed by atoms with Crippen LogP contribution in [0.2, 0.25) is 0 Å². The second kappa shape index (κ2) is 7.37. The van der Waals surface area contributed by atoms with E-state index in [1.54, 1.807) is 0 Å². The van der Waals surface area contributed by atoms with E-state index in [2.05, 4.69) is 0 Å². The minimum Gasteiger partial charge on any atom is -0.282 e. The van der Waals surface area contributed by atoms with Gasteiger partial charge in [0.15, 0.2) is 0 Å². The molecular formula is C18H13NO8S2. The smallest absolute Gasteiger partial charge is 0.282 e. The zero-order valence-electron chi connectivity index (χ0n) is 14.5. The van der Waals surface area contributed by atoms with Crippen LogP contribution in [0.25, 0.3) is 11.8 Å². The largest absolute Gasteiger partial charge is 0.295 e. The third-order valence-corrected chi connectivity index (χ3v) is 5.82. The molecule has 2 aromatic rings. The first kappa shape index (κ1) is 20.6. The Kier molecular flexibility index (Phi) is 5.24. The number of rotatable bonds is 5. The predicted molar refractivity (Wildman–Crippen MR) is 101 cm³/mol. The van der Waals surface area contributed by atoms with Crippen molar-refractivity contribution in [3.63, 3.8) is 0 Å². The molecule has 0 spiro atoms. The van der Waals surface area contributed by atoms with Crippen LogP contribution in [0, 0.1) is 0 Å². The van der Waals surface area contributed by atoms with Gasteiger partial charge in [0.05, 0.1) is 5.70 Å². The van der Waals surface area contributed by atoms with Gasteiger partial charge in [-0.3, -0.25) is 18.7 Å². The minimum atomic E-state index is -4.75. The van der Waals surface area contributed by atoms with Gasteiger partial charge in [0, 0.05) is 17.7 Å². The number of amides is 2. The van der Waals surface area contributed by atoms with Crippen molar-refractivity contribution in [3.8, 4) is 0 Å². The van der Waals surface area contributed by atoms with Crippen molar-refractivity contribution >= 4 is 43.8 Å². The van der Waals surface area contributed by atoms with Crippen LogP contribution < -0.4 is 0 Å². The molecule has 9 nitrogen and oxygen atoms in total. The van der Waals surface area contributed by atoms with Crippen molar-refractivity contribution in [1.29, 1.82) is 0 Å². The van der Waals surface area contributed by atoms with Gasteiger partial charge in [0.1, 0.15) is 9.79 Å². The number of nitrogens with zero attached hydrogens (tertiary/aromatic N) is 1. The summed E-state index contributed by atoms with van der Waals surface area (Å²) in [4.78, 5) is 24.0. The number of hydrogen-bond acceptors (Lipinski definition) is 6. The Hall–Kier alpha value is -3.12. The summed E-state index contributed by atoms with van der Waals surface area (Å²) in [6.07, 6.45) is 2.98. The van der Waals surface area contributed by atoms with Gasteiger partial charge in [-0.25, -0.2) is 4.90 Å². The van der Waals surface area contributed by atoms with Gasteiger partial charge in [0.2, 0.25) is 0 Å². The molecule has 1 aliphatic rings. The summed E-state index contributed by atoms with van der Waals surface area (Å²) in [6, 6.07) is 10.2. The van der Waals surface area contributed by atoms with Gasteiger partial charge in [-0.1, -0.05) is 36.4 Å². The summed E-state index contributed by atoms with van der Waals surface area (Å²) in [5.74, 6) is -1.59. The Morgan fingerprint density at radius 3 is 1.79 bits per heavy atom. The third-order valence-electron chi connectivity index (χ3n) is 3.98. The fourth-order valence-electron chi connectivity index (χ4n) is 2.79. The maximum atomic E-state index is 12.2. The Morgan fingerprint density at radius 1 is 0.759 bits per heavy atom. The highest BCUT2D eigenvalue weighted by Crippen LogP contribution is 2.31. The number of benzene rings is 2. The van der Waals surface area contributed by atoms with Crippen LogP contribution in [0.15, 0.2) is 70.5 Å². The lowest BCUT2D eigenvalue weighted by Gasteiger charge is -2.20. The van der Waals surface area contributed by atoms with Crippen LogP contribution in [-0.2, 0) is 29.8 Å². The fraction of sp³-hybridized carbons (Fsp3) is 0. The number of carbonyl (C=O) groups is 2. The van der Waals surface area contributed by atoms with Crippen LogP contribution in [0.5, 0.6) is 0 Å². The molecule has 0 saturated heterocycles. The first-order valence-electron chi connectivity index (χ1n) is 7.91. The van der Waals surface area contributed by atoms with Crippen molar-refractivity contribution in [2.24, 2.45) is 0 Å². The molecule has 0 atom stereocenters. The van der Waals surface area contributed by atoms with E-state index in [9.17, 15) is 35.5 Å². The van der Waals surface area contributed by atoms with Crippen molar-refractivity contribution in [2.75, 3.05) is 0 Å². The van der Waals surface area contributed by atoms with Gasteiger partial charge in [-0.05, 0) is 23.8 Å². The van der Waals surface area contributed by atoms with Crippen LogP contribution in [0.4, 0.5) is 0 Å². The molecule has 0 radical (unpaired) electrons. The van der Waals surface area contributed by atoms with Crippen LogP contribution >= 0.6 is 0 Å². The fourth-order valence-corrected chi connectivity index (χ4v) is 4.16. The van der Waals surface area contributed by atoms with E-state index >= 15 is 0 Å². The van der Waals surface area contributed by atoms with Crippen molar-refractivity contribution in [2.45, 2.75) is 9.79 Å². The van der Waals surface area contributed by atoms with Crippen LogP contribution in [-0.4, -0.2) is 42.7 Å². The van der Waals surface area contributed by atoms with E-state index in [0.29, 0.717) is 4.90 Å². The second-order valence-electron chi connectivity index (χ2n) is 5.86. The highest BCUT2D eigenvalue weighted by Gasteiger charge is 2.31. The second-order valence-corrected chi connectivity index (χ2v) is 8.64. The Labute approximate surface area is 166 Å². The van der Waals surface area contributed by atoms with Gasteiger partial charge in [0.25, 0.3) is 32.1 Å². The SMILES string of the molecule is O=C1C=CC(=O)N1C(=Cc1ccccc1S(=O)(=O)O)c1ccccc1S(=O)(=O)O. The Bertz CT molecular complexity index is 1270. The molecule has 1 aliphatic heterocycles. The van der Waals surface area contributed by atoms with Gasteiger partial charge >= 0.3 is 0 Å². The molecule has 0 unspecified atom stereocenters. The summed E-state index contributed by atoms with van der Waals surface area (Å²) in [5.41, 5.74) is -0.623.